The van der Waals surface area contributed by atoms with Crippen LogP contribution in [0.25, 0.3) is 5.57 Å². The first-order valence-electron chi connectivity index (χ1n) is 11.5. The molecule has 0 saturated heterocycles. The summed E-state index contributed by atoms with van der Waals surface area (Å²) >= 11 is 0. The van der Waals surface area contributed by atoms with Crippen molar-refractivity contribution < 1.29 is 13.9 Å². The van der Waals surface area contributed by atoms with Crippen molar-refractivity contribution in [3.8, 4) is 5.75 Å². The molecule has 1 amide bonds. The Morgan fingerprint density at radius 1 is 1.27 bits per heavy atom. The van der Waals surface area contributed by atoms with Gasteiger partial charge in [0.2, 0.25) is 11.9 Å². The lowest BCUT2D eigenvalue weighted by atomic mass is 9.98. The predicted octanol–water partition coefficient (Wildman–Crippen LogP) is 3.38. The number of likely N-dealkylation sites (N-methyl/N-ethyl adjacent to an activating group) is 2. The van der Waals surface area contributed by atoms with E-state index in [-0.39, 0.29) is 17.6 Å². The molecule has 1 heterocycles. The lowest BCUT2D eigenvalue weighted by molar-refractivity contribution is -0.111. The van der Waals surface area contributed by atoms with Crippen molar-refractivity contribution in [2.24, 2.45) is 0 Å². The number of hydrogen-bond acceptors (Lipinski definition) is 9. The summed E-state index contributed by atoms with van der Waals surface area (Å²) in [6.45, 7) is 4.96. The highest BCUT2D eigenvalue weighted by molar-refractivity contribution is 6.15. The highest BCUT2D eigenvalue weighted by atomic mass is 19.1. The van der Waals surface area contributed by atoms with Crippen LogP contribution >= 0.6 is 0 Å². The van der Waals surface area contributed by atoms with Crippen molar-refractivity contribution in [1.29, 1.82) is 5.41 Å². The molecule has 10 nitrogen and oxygen atoms in total. The van der Waals surface area contributed by atoms with Crippen molar-refractivity contribution >= 4 is 40.2 Å². The fourth-order valence-corrected chi connectivity index (χ4v) is 3.58. The predicted molar refractivity (Wildman–Crippen MR) is 146 cm³/mol. The molecule has 1 aliphatic carbocycles. The van der Waals surface area contributed by atoms with Gasteiger partial charge in [0.05, 0.1) is 35.6 Å². The second-order valence-corrected chi connectivity index (χ2v) is 8.03. The van der Waals surface area contributed by atoms with Crippen LogP contribution in [0, 0.1) is 5.41 Å². The third-order valence-corrected chi connectivity index (χ3v) is 5.49. The van der Waals surface area contributed by atoms with E-state index >= 15 is 0 Å². The first kappa shape index (κ1) is 27.1. The van der Waals surface area contributed by atoms with Crippen LogP contribution in [0.1, 0.15) is 5.69 Å². The summed E-state index contributed by atoms with van der Waals surface area (Å²) in [5.74, 6) is -0.268. The van der Waals surface area contributed by atoms with Gasteiger partial charge in [-0.1, -0.05) is 6.58 Å². The van der Waals surface area contributed by atoms with E-state index in [0.29, 0.717) is 40.5 Å². The quantitative estimate of drug-likeness (QED) is 0.294. The third-order valence-electron chi connectivity index (χ3n) is 5.49. The van der Waals surface area contributed by atoms with Crippen molar-refractivity contribution in [3.05, 3.63) is 72.5 Å². The molecule has 0 radical (unpaired) electrons. The van der Waals surface area contributed by atoms with Gasteiger partial charge in [-0.2, -0.15) is 0 Å². The summed E-state index contributed by atoms with van der Waals surface area (Å²) in [6, 6.07) is 5.19. The number of ether oxygens (including phenoxy) is 1. The molecule has 0 unspecified atom stereocenters. The first-order chi connectivity index (χ1) is 17.8. The van der Waals surface area contributed by atoms with Crippen molar-refractivity contribution in [1.82, 2.24) is 20.6 Å². The number of carbonyl (C=O) groups excluding carboxylic acids is 1. The molecule has 0 saturated carbocycles. The van der Waals surface area contributed by atoms with Crippen LogP contribution in [-0.4, -0.2) is 62.9 Å². The minimum absolute atomic E-state index is 0.205. The largest absolute Gasteiger partial charge is 0.494 e. The molecular weight excluding hydrogens is 475 g/mol. The highest BCUT2D eigenvalue weighted by Gasteiger charge is 2.19. The molecule has 1 aromatic carbocycles. The van der Waals surface area contributed by atoms with Gasteiger partial charge >= 0.3 is 0 Å². The number of aromatic nitrogens is 2. The number of nitrogens with zero attached hydrogens (tertiary/aromatic N) is 3. The molecule has 37 heavy (non-hydrogen) atoms. The highest BCUT2D eigenvalue weighted by Crippen LogP contribution is 2.38. The van der Waals surface area contributed by atoms with E-state index in [4.69, 9.17) is 10.1 Å². The second kappa shape index (κ2) is 12.5. The fraction of sp³-hybridized carbons (Fsp3) is 0.231. The van der Waals surface area contributed by atoms with Gasteiger partial charge in [-0.25, -0.2) is 14.4 Å². The molecule has 0 bridgehead atoms. The lowest BCUT2D eigenvalue weighted by Crippen LogP contribution is -2.28. The zero-order valence-corrected chi connectivity index (χ0v) is 21.3. The van der Waals surface area contributed by atoms with Gasteiger partial charge in [0.15, 0.2) is 0 Å². The van der Waals surface area contributed by atoms with Crippen LogP contribution in [-0.2, 0) is 4.79 Å². The SMILES string of the molecule is C=CC(=O)Nc1cc(Nc2nccc(C3=C/C(=C/NC)C(=N)C(F)=C3)n2)c(OC)cc1N(C)CCNC. The number of anilines is 4. The van der Waals surface area contributed by atoms with E-state index in [1.165, 1.54) is 12.2 Å². The third kappa shape index (κ3) is 6.58. The number of nitrogens with one attached hydrogen (secondary N) is 5. The van der Waals surface area contributed by atoms with Gasteiger partial charge in [0.25, 0.3) is 0 Å². The summed E-state index contributed by atoms with van der Waals surface area (Å²) in [5, 5.41) is 19.8. The van der Waals surface area contributed by atoms with Crippen molar-refractivity contribution in [3.63, 3.8) is 0 Å². The Bertz CT molecular complexity index is 1290. The van der Waals surface area contributed by atoms with E-state index in [9.17, 15) is 9.18 Å². The Balaban J connectivity index is 1.99. The number of hydrogen-bond donors (Lipinski definition) is 5. The molecule has 0 aliphatic heterocycles. The number of allylic oxidation sites excluding steroid dienone is 5. The standard InChI is InChI=1S/C26H31FN8O2/c1-6-24(36)32-20-13-21(23(37-5)14-22(20)35(4)10-9-29-2)34-26-31-8-7-19(33-26)16-11-17(15-30-3)25(28)18(27)12-16/h6-8,11-15,28-30H,1,9-10H2,2-5H3,(H,32,36)(H,31,33,34)/b17-15-,28-25?. The maximum atomic E-state index is 14.4. The number of benzene rings is 1. The Labute approximate surface area is 215 Å². The molecule has 2 aromatic rings. The van der Waals surface area contributed by atoms with E-state index in [1.807, 2.05) is 25.1 Å². The minimum Gasteiger partial charge on any atom is -0.494 e. The normalized spacial score (nSPS) is 14.0. The molecule has 1 aromatic heterocycles. The maximum Gasteiger partial charge on any atom is 0.247 e. The van der Waals surface area contributed by atoms with E-state index < -0.39 is 5.83 Å². The Morgan fingerprint density at radius 2 is 2.05 bits per heavy atom. The molecule has 3 rings (SSSR count). The van der Waals surface area contributed by atoms with E-state index in [2.05, 4.69) is 37.8 Å². The fourth-order valence-electron chi connectivity index (χ4n) is 3.58. The smallest absolute Gasteiger partial charge is 0.247 e. The minimum atomic E-state index is -0.658. The van der Waals surface area contributed by atoms with E-state index in [0.717, 1.165) is 12.2 Å². The van der Waals surface area contributed by atoms with Gasteiger partial charge in [-0.3, -0.25) is 10.2 Å². The average Bonchev–Trinajstić information content (AvgIpc) is 2.90. The van der Waals surface area contributed by atoms with Crippen LogP contribution in [0.3, 0.4) is 0 Å². The Hall–Kier alpha value is -4.51. The first-order valence-corrected chi connectivity index (χ1v) is 11.5. The average molecular weight is 507 g/mol. The number of halogens is 1. The number of carbonyl (C=O) groups is 1. The zero-order valence-electron chi connectivity index (χ0n) is 21.3. The second-order valence-electron chi connectivity index (χ2n) is 8.03. The number of rotatable bonds is 11. The van der Waals surface area contributed by atoms with Crippen LogP contribution in [0.15, 0.2) is 66.8 Å². The summed E-state index contributed by atoms with van der Waals surface area (Å²) in [6.07, 6.45) is 7.23. The van der Waals surface area contributed by atoms with Crippen LogP contribution < -0.4 is 30.9 Å². The van der Waals surface area contributed by atoms with Crippen molar-refractivity contribution in [2.75, 3.05) is 56.9 Å². The molecule has 0 atom stereocenters. The van der Waals surface area contributed by atoms with Crippen molar-refractivity contribution in [2.45, 2.75) is 0 Å². The molecule has 1 aliphatic rings. The van der Waals surface area contributed by atoms with Gasteiger partial charge in [-0.15, -0.1) is 0 Å². The summed E-state index contributed by atoms with van der Waals surface area (Å²) in [4.78, 5) is 22.9. The lowest BCUT2D eigenvalue weighted by Gasteiger charge is -2.24. The Morgan fingerprint density at radius 3 is 2.73 bits per heavy atom. The monoisotopic (exact) mass is 506 g/mol. The molecule has 0 fully saturated rings. The van der Waals surface area contributed by atoms with Crippen LogP contribution in [0.2, 0.25) is 0 Å². The number of methoxy groups -OCH3 is 1. The van der Waals surface area contributed by atoms with E-state index in [1.54, 1.807) is 44.8 Å². The summed E-state index contributed by atoms with van der Waals surface area (Å²) < 4.78 is 20.0. The molecule has 11 heteroatoms. The molecule has 5 N–H and O–H groups in total. The zero-order chi connectivity index (χ0) is 26.9. The van der Waals surface area contributed by atoms with Gasteiger partial charge in [0.1, 0.15) is 11.6 Å². The molecular formula is C26H31FN8O2. The topological polar surface area (TPSA) is 127 Å². The summed E-state index contributed by atoms with van der Waals surface area (Å²) in [7, 11) is 7.00. The van der Waals surface area contributed by atoms with Crippen LogP contribution in [0.4, 0.5) is 27.4 Å². The van der Waals surface area contributed by atoms with Gasteiger partial charge < -0.3 is 30.9 Å². The number of amides is 1. The van der Waals surface area contributed by atoms with Crippen LogP contribution in [0.5, 0.6) is 5.75 Å². The molecule has 194 valence electrons. The van der Waals surface area contributed by atoms with Gasteiger partial charge in [0, 0.05) is 56.8 Å². The molecule has 0 spiro atoms. The Kier molecular flexibility index (Phi) is 9.11. The maximum absolute atomic E-state index is 14.4. The summed E-state index contributed by atoms with van der Waals surface area (Å²) in [5.41, 5.74) is 2.96. The van der Waals surface area contributed by atoms with Gasteiger partial charge in [-0.05, 0) is 37.4 Å².